The van der Waals surface area contributed by atoms with Crippen molar-refractivity contribution in [1.29, 1.82) is 0 Å². The lowest BCUT2D eigenvalue weighted by Crippen LogP contribution is -2.38. The standard InChI is InChI=1S/C14H16N2O3S/c1-10-5-7-20-13(10)14(18)16(2)9-12(17)15-8-11-4-3-6-19-11/h3-7H,8-9H2,1-2H3,(H,15,17). The molecule has 1 N–H and O–H groups in total. The van der Waals surface area contributed by atoms with Crippen molar-refractivity contribution in [2.45, 2.75) is 13.5 Å². The molecule has 0 aliphatic carbocycles. The van der Waals surface area contributed by atoms with Crippen LogP contribution in [0, 0.1) is 6.92 Å². The predicted octanol–water partition coefficient (Wildman–Crippen LogP) is 2.04. The van der Waals surface area contributed by atoms with Crippen molar-refractivity contribution >= 4 is 23.2 Å². The average Bonchev–Trinajstić information content (AvgIpc) is 3.06. The third-order valence-electron chi connectivity index (χ3n) is 2.82. The van der Waals surface area contributed by atoms with E-state index in [-0.39, 0.29) is 18.4 Å². The van der Waals surface area contributed by atoms with Gasteiger partial charge in [-0.1, -0.05) is 0 Å². The second-order valence-electron chi connectivity index (χ2n) is 4.45. The Morgan fingerprint density at radius 3 is 2.80 bits per heavy atom. The minimum Gasteiger partial charge on any atom is -0.467 e. The highest BCUT2D eigenvalue weighted by Crippen LogP contribution is 2.17. The van der Waals surface area contributed by atoms with Crippen molar-refractivity contribution in [3.8, 4) is 0 Å². The van der Waals surface area contributed by atoms with Gasteiger partial charge in [0.1, 0.15) is 5.76 Å². The number of thiophene rings is 1. The Morgan fingerprint density at radius 1 is 1.40 bits per heavy atom. The van der Waals surface area contributed by atoms with Gasteiger partial charge in [-0.25, -0.2) is 0 Å². The fraction of sp³-hybridized carbons (Fsp3) is 0.286. The summed E-state index contributed by atoms with van der Waals surface area (Å²) in [6.45, 7) is 2.23. The number of furan rings is 1. The van der Waals surface area contributed by atoms with E-state index >= 15 is 0 Å². The van der Waals surface area contributed by atoms with Gasteiger partial charge >= 0.3 is 0 Å². The van der Waals surface area contributed by atoms with Gasteiger partial charge in [0.05, 0.1) is 24.2 Å². The van der Waals surface area contributed by atoms with Crippen LogP contribution < -0.4 is 5.32 Å². The van der Waals surface area contributed by atoms with Crippen LogP contribution in [-0.2, 0) is 11.3 Å². The fourth-order valence-corrected chi connectivity index (χ4v) is 2.63. The molecule has 0 saturated carbocycles. The number of amides is 2. The third kappa shape index (κ3) is 3.48. The van der Waals surface area contributed by atoms with E-state index in [1.54, 1.807) is 25.4 Å². The Bertz CT molecular complexity index is 589. The van der Waals surface area contributed by atoms with Crippen LogP contribution in [0.3, 0.4) is 0 Å². The zero-order valence-corrected chi connectivity index (χ0v) is 12.2. The maximum absolute atomic E-state index is 12.1. The zero-order valence-electron chi connectivity index (χ0n) is 11.4. The number of rotatable bonds is 5. The molecular formula is C14H16N2O3S. The molecule has 0 aliphatic heterocycles. The molecule has 5 nitrogen and oxygen atoms in total. The zero-order chi connectivity index (χ0) is 14.5. The molecule has 0 bridgehead atoms. The Hall–Kier alpha value is -2.08. The van der Waals surface area contributed by atoms with Crippen LogP contribution >= 0.6 is 11.3 Å². The van der Waals surface area contributed by atoms with Gasteiger partial charge in [-0.3, -0.25) is 9.59 Å². The lowest BCUT2D eigenvalue weighted by Gasteiger charge is -2.16. The van der Waals surface area contributed by atoms with Crippen LogP contribution in [0.2, 0.25) is 0 Å². The number of aryl methyl sites for hydroxylation is 1. The van der Waals surface area contributed by atoms with Crippen LogP contribution in [0.15, 0.2) is 34.3 Å². The second-order valence-corrected chi connectivity index (χ2v) is 5.37. The first-order valence-corrected chi connectivity index (χ1v) is 7.04. The molecule has 20 heavy (non-hydrogen) atoms. The van der Waals surface area contributed by atoms with Crippen molar-refractivity contribution in [2.24, 2.45) is 0 Å². The van der Waals surface area contributed by atoms with Gasteiger partial charge in [-0.15, -0.1) is 11.3 Å². The molecule has 2 aromatic rings. The van der Waals surface area contributed by atoms with E-state index in [0.29, 0.717) is 17.2 Å². The molecule has 0 atom stereocenters. The van der Waals surface area contributed by atoms with Crippen molar-refractivity contribution < 1.29 is 14.0 Å². The molecule has 0 aromatic carbocycles. The van der Waals surface area contributed by atoms with E-state index in [0.717, 1.165) is 5.56 Å². The monoisotopic (exact) mass is 292 g/mol. The smallest absolute Gasteiger partial charge is 0.264 e. The average molecular weight is 292 g/mol. The SMILES string of the molecule is Cc1ccsc1C(=O)N(C)CC(=O)NCc1ccco1. The van der Waals surface area contributed by atoms with Crippen molar-refractivity contribution in [3.05, 3.63) is 46.0 Å². The lowest BCUT2D eigenvalue weighted by atomic mass is 10.2. The van der Waals surface area contributed by atoms with E-state index in [1.165, 1.54) is 16.2 Å². The minimum absolute atomic E-state index is 0.0247. The Kier molecular flexibility index (Phi) is 4.57. The van der Waals surface area contributed by atoms with Gasteiger partial charge in [0, 0.05) is 7.05 Å². The molecule has 0 spiro atoms. The summed E-state index contributed by atoms with van der Waals surface area (Å²) in [6, 6.07) is 5.43. The summed E-state index contributed by atoms with van der Waals surface area (Å²) in [6.07, 6.45) is 1.55. The molecule has 0 saturated heterocycles. The van der Waals surface area contributed by atoms with E-state index in [4.69, 9.17) is 4.42 Å². The van der Waals surface area contributed by atoms with Crippen molar-refractivity contribution in [3.63, 3.8) is 0 Å². The Balaban J connectivity index is 1.84. The maximum atomic E-state index is 12.1. The summed E-state index contributed by atoms with van der Waals surface area (Å²) >= 11 is 1.39. The molecule has 2 amide bonds. The highest BCUT2D eigenvalue weighted by atomic mass is 32.1. The quantitative estimate of drug-likeness (QED) is 0.917. The molecule has 0 unspecified atom stereocenters. The number of likely N-dealkylation sites (N-methyl/N-ethyl adjacent to an activating group) is 1. The molecule has 0 radical (unpaired) electrons. The van der Waals surface area contributed by atoms with E-state index in [2.05, 4.69) is 5.32 Å². The Labute approximate surface area is 121 Å². The first-order valence-electron chi connectivity index (χ1n) is 6.16. The second kappa shape index (κ2) is 6.38. The van der Waals surface area contributed by atoms with Gasteiger partial charge in [0.2, 0.25) is 5.91 Å². The fourth-order valence-electron chi connectivity index (χ4n) is 1.71. The van der Waals surface area contributed by atoms with Crippen LogP contribution in [-0.4, -0.2) is 30.3 Å². The molecule has 2 aromatic heterocycles. The number of carbonyl (C=O) groups is 2. The summed E-state index contributed by atoms with van der Waals surface area (Å²) in [5.41, 5.74) is 0.933. The van der Waals surface area contributed by atoms with Crippen molar-refractivity contribution in [2.75, 3.05) is 13.6 Å². The van der Waals surface area contributed by atoms with Crippen molar-refractivity contribution in [1.82, 2.24) is 10.2 Å². The minimum atomic E-state index is -0.216. The predicted molar refractivity (Wildman–Crippen MR) is 76.6 cm³/mol. The number of nitrogens with one attached hydrogen (secondary N) is 1. The van der Waals surface area contributed by atoms with E-state index in [9.17, 15) is 9.59 Å². The third-order valence-corrected chi connectivity index (χ3v) is 3.83. The lowest BCUT2D eigenvalue weighted by molar-refractivity contribution is -0.121. The maximum Gasteiger partial charge on any atom is 0.264 e. The molecule has 2 rings (SSSR count). The van der Waals surface area contributed by atoms with Gasteiger partial charge in [-0.2, -0.15) is 0 Å². The van der Waals surface area contributed by atoms with Crippen LogP contribution in [0.1, 0.15) is 21.0 Å². The normalized spacial score (nSPS) is 10.3. The Morgan fingerprint density at radius 2 is 2.20 bits per heavy atom. The number of carbonyl (C=O) groups excluding carboxylic acids is 2. The van der Waals surface area contributed by atoms with E-state index in [1.807, 2.05) is 18.4 Å². The van der Waals surface area contributed by atoms with Gasteiger partial charge < -0.3 is 14.6 Å². The van der Waals surface area contributed by atoms with Crippen LogP contribution in [0.4, 0.5) is 0 Å². The summed E-state index contributed by atoms with van der Waals surface area (Å²) < 4.78 is 5.12. The first kappa shape index (κ1) is 14.3. The van der Waals surface area contributed by atoms with Gasteiger partial charge in [0.15, 0.2) is 0 Å². The number of hydrogen-bond acceptors (Lipinski definition) is 4. The summed E-state index contributed by atoms with van der Waals surface area (Å²) in [5.74, 6) is 0.332. The van der Waals surface area contributed by atoms with Gasteiger partial charge in [-0.05, 0) is 36.1 Å². The first-order chi connectivity index (χ1) is 9.58. The summed E-state index contributed by atoms with van der Waals surface area (Å²) in [4.78, 5) is 26.0. The molecule has 106 valence electrons. The number of nitrogens with zero attached hydrogens (tertiary/aromatic N) is 1. The highest BCUT2D eigenvalue weighted by Gasteiger charge is 2.17. The summed E-state index contributed by atoms with van der Waals surface area (Å²) in [7, 11) is 1.62. The molecule has 6 heteroatoms. The molecular weight excluding hydrogens is 276 g/mol. The van der Waals surface area contributed by atoms with E-state index < -0.39 is 0 Å². The molecule has 0 aliphatic rings. The summed E-state index contributed by atoms with van der Waals surface area (Å²) in [5, 5.41) is 4.58. The molecule has 0 fully saturated rings. The largest absolute Gasteiger partial charge is 0.467 e. The van der Waals surface area contributed by atoms with Crippen LogP contribution in [0.25, 0.3) is 0 Å². The molecule has 2 heterocycles. The topological polar surface area (TPSA) is 62.6 Å². The number of hydrogen-bond donors (Lipinski definition) is 1. The highest BCUT2D eigenvalue weighted by molar-refractivity contribution is 7.12. The van der Waals surface area contributed by atoms with Gasteiger partial charge in [0.25, 0.3) is 5.91 Å². The van der Waals surface area contributed by atoms with Crippen LogP contribution in [0.5, 0.6) is 0 Å².